The van der Waals surface area contributed by atoms with Crippen molar-refractivity contribution in [2.45, 2.75) is 40.0 Å². The Morgan fingerprint density at radius 3 is 2.66 bits per heavy atom. The van der Waals surface area contributed by atoms with Crippen LogP contribution >= 0.6 is 15.9 Å². The van der Waals surface area contributed by atoms with Crippen LogP contribution in [0.2, 0.25) is 0 Å². The van der Waals surface area contributed by atoms with E-state index in [4.69, 9.17) is 4.42 Å². The number of amides is 1. The number of hydrogen-bond acceptors (Lipinski definition) is 3. The molecule has 0 bridgehead atoms. The molecule has 0 saturated carbocycles. The highest BCUT2D eigenvalue weighted by molar-refractivity contribution is 9.10. The Kier molecular flexibility index (Phi) is 6.61. The number of halogens is 1. The third-order valence-electron chi connectivity index (χ3n) is 5.56. The normalized spacial score (nSPS) is 11.5. The summed E-state index contributed by atoms with van der Waals surface area (Å²) in [6, 6.07) is 18.1. The average molecular weight is 492 g/mol. The number of nitrogens with one attached hydrogen (secondary N) is 1. The van der Waals surface area contributed by atoms with E-state index < -0.39 is 0 Å². The Morgan fingerprint density at radius 1 is 1.12 bits per heavy atom. The van der Waals surface area contributed by atoms with Gasteiger partial charge in [-0.25, -0.2) is 5.43 Å². The van der Waals surface area contributed by atoms with E-state index in [2.05, 4.69) is 82.1 Å². The minimum atomic E-state index is -0.384. The van der Waals surface area contributed by atoms with Gasteiger partial charge in [0.2, 0.25) is 0 Å². The first kappa shape index (κ1) is 22.1. The first-order chi connectivity index (χ1) is 15.5. The van der Waals surface area contributed by atoms with Crippen LogP contribution < -0.4 is 5.43 Å². The smallest absolute Gasteiger partial charge is 0.307 e. The van der Waals surface area contributed by atoms with Crippen LogP contribution in [-0.4, -0.2) is 16.7 Å². The number of nitrogens with zero attached hydrogens (tertiary/aromatic N) is 2. The van der Waals surface area contributed by atoms with Crippen molar-refractivity contribution in [2.75, 3.05) is 0 Å². The predicted octanol–water partition coefficient (Wildman–Crippen LogP) is 6.71. The maximum absolute atomic E-state index is 12.4. The lowest BCUT2D eigenvalue weighted by atomic mass is 10.1. The first-order valence-electron chi connectivity index (χ1n) is 10.8. The van der Waals surface area contributed by atoms with Gasteiger partial charge in [0.1, 0.15) is 5.58 Å². The Bertz CT molecular complexity index is 1280. The Hall–Kier alpha value is -3.12. The molecule has 0 fully saturated rings. The highest BCUT2D eigenvalue weighted by Crippen LogP contribution is 2.23. The van der Waals surface area contributed by atoms with Gasteiger partial charge in [-0.05, 0) is 74.7 Å². The summed E-state index contributed by atoms with van der Waals surface area (Å²) in [5.41, 5.74) is 8.83. The van der Waals surface area contributed by atoms with Crippen molar-refractivity contribution < 1.29 is 9.21 Å². The maximum atomic E-state index is 12.4. The standard InChI is InChI=1S/C26H26BrN3O2/c1-4-5-6-19-7-10-23(11-8-19)30-17(2)13-21(18(30)3)16-28-29-26(31)25-15-20-14-22(27)9-12-24(20)32-25/h7-16H,4-6H2,1-3H3,(H,29,31)/b28-16+. The minimum Gasteiger partial charge on any atom is -0.451 e. The number of hydrogen-bond donors (Lipinski definition) is 1. The largest absolute Gasteiger partial charge is 0.451 e. The van der Waals surface area contributed by atoms with Crippen molar-refractivity contribution in [1.82, 2.24) is 9.99 Å². The SMILES string of the molecule is CCCCc1ccc(-n2c(C)cc(/C=N/NC(=O)c3cc4cc(Br)ccc4o3)c2C)cc1. The van der Waals surface area contributed by atoms with Gasteiger partial charge in [0.15, 0.2) is 5.76 Å². The molecule has 2 heterocycles. The van der Waals surface area contributed by atoms with Gasteiger partial charge in [0.05, 0.1) is 6.21 Å². The summed E-state index contributed by atoms with van der Waals surface area (Å²) in [5.74, 6) is -0.158. The van der Waals surface area contributed by atoms with E-state index in [1.54, 1.807) is 12.3 Å². The van der Waals surface area contributed by atoms with Crippen molar-refractivity contribution in [3.8, 4) is 5.69 Å². The molecule has 0 spiro atoms. The molecular weight excluding hydrogens is 466 g/mol. The monoisotopic (exact) mass is 491 g/mol. The molecule has 0 atom stereocenters. The molecule has 164 valence electrons. The van der Waals surface area contributed by atoms with Crippen molar-refractivity contribution in [1.29, 1.82) is 0 Å². The zero-order valence-electron chi connectivity index (χ0n) is 18.5. The number of aryl methyl sites for hydroxylation is 2. The molecule has 2 aromatic heterocycles. The first-order valence-corrected chi connectivity index (χ1v) is 11.6. The van der Waals surface area contributed by atoms with E-state index in [9.17, 15) is 4.79 Å². The third-order valence-corrected chi connectivity index (χ3v) is 6.05. The third kappa shape index (κ3) is 4.70. The summed E-state index contributed by atoms with van der Waals surface area (Å²) >= 11 is 3.42. The summed E-state index contributed by atoms with van der Waals surface area (Å²) in [6.45, 7) is 6.33. The van der Waals surface area contributed by atoms with Gasteiger partial charge < -0.3 is 8.98 Å². The van der Waals surface area contributed by atoms with E-state index in [0.29, 0.717) is 5.58 Å². The molecule has 6 heteroatoms. The molecular formula is C26H26BrN3O2. The Morgan fingerprint density at radius 2 is 1.91 bits per heavy atom. The zero-order valence-corrected chi connectivity index (χ0v) is 20.1. The second-order valence-electron chi connectivity index (χ2n) is 7.92. The van der Waals surface area contributed by atoms with Crippen LogP contribution in [0.1, 0.15) is 52.8 Å². The quantitative estimate of drug-likeness (QED) is 0.230. The van der Waals surface area contributed by atoms with Gasteiger partial charge in [0, 0.05) is 32.5 Å². The summed E-state index contributed by atoms with van der Waals surface area (Å²) in [5, 5.41) is 5.01. The number of aromatic nitrogens is 1. The molecule has 0 unspecified atom stereocenters. The van der Waals surface area contributed by atoms with Crippen molar-refractivity contribution >= 4 is 39.0 Å². The summed E-state index contributed by atoms with van der Waals surface area (Å²) in [4.78, 5) is 12.4. The van der Waals surface area contributed by atoms with Crippen LogP contribution in [0.5, 0.6) is 0 Å². The van der Waals surface area contributed by atoms with E-state index >= 15 is 0 Å². The molecule has 0 aliphatic rings. The topological polar surface area (TPSA) is 59.5 Å². The van der Waals surface area contributed by atoms with E-state index in [1.165, 1.54) is 18.4 Å². The van der Waals surface area contributed by atoms with Gasteiger partial charge >= 0.3 is 5.91 Å². The average Bonchev–Trinajstić information content (AvgIpc) is 3.32. The lowest BCUT2D eigenvalue weighted by molar-refractivity contribution is 0.0929. The minimum absolute atomic E-state index is 0.226. The highest BCUT2D eigenvalue weighted by atomic mass is 79.9. The molecule has 4 rings (SSSR count). The molecule has 5 nitrogen and oxygen atoms in total. The number of carbonyl (C=O) groups is 1. The van der Waals surface area contributed by atoms with Crippen molar-refractivity contribution in [3.63, 3.8) is 0 Å². The summed E-state index contributed by atoms with van der Waals surface area (Å²) in [6.07, 6.45) is 5.19. The van der Waals surface area contributed by atoms with Crippen LogP contribution in [0.15, 0.2) is 68.6 Å². The number of fused-ring (bicyclic) bond motifs is 1. The number of rotatable bonds is 7. The number of unbranched alkanes of at least 4 members (excludes halogenated alkanes) is 1. The Balaban J connectivity index is 1.48. The van der Waals surface area contributed by atoms with Crippen LogP contribution in [0, 0.1) is 13.8 Å². The number of carbonyl (C=O) groups excluding carboxylic acids is 1. The van der Waals surface area contributed by atoms with E-state index in [0.717, 1.165) is 38.9 Å². The molecule has 2 aromatic carbocycles. The molecule has 1 N–H and O–H groups in total. The second kappa shape index (κ2) is 9.57. The van der Waals surface area contributed by atoms with Gasteiger partial charge in [-0.3, -0.25) is 4.79 Å². The van der Waals surface area contributed by atoms with Crippen LogP contribution in [0.4, 0.5) is 0 Å². The van der Waals surface area contributed by atoms with Gasteiger partial charge in [-0.2, -0.15) is 5.10 Å². The number of benzene rings is 2. The highest BCUT2D eigenvalue weighted by Gasteiger charge is 2.13. The maximum Gasteiger partial charge on any atom is 0.307 e. The molecule has 0 saturated heterocycles. The molecule has 4 aromatic rings. The number of hydrazone groups is 1. The van der Waals surface area contributed by atoms with Crippen LogP contribution in [0.3, 0.4) is 0 Å². The number of furan rings is 1. The molecule has 0 radical (unpaired) electrons. The second-order valence-corrected chi connectivity index (χ2v) is 8.84. The fraction of sp³-hybridized carbons (Fsp3) is 0.231. The predicted molar refractivity (Wildman–Crippen MR) is 133 cm³/mol. The van der Waals surface area contributed by atoms with Crippen LogP contribution in [0.25, 0.3) is 16.7 Å². The van der Waals surface area contributed by atoms with E-state index in [1.807, 2.05) is 18.2 Å². The van der Waals surface area contributed by atoms with Gasteiger partial charge in [-0.15, -0.1) is 0 Å². The van der Waals surface area contributed by atoms with Crippen LogP contribution in [-0.2, 0) is 6.42 Å². The lowest BCUT2D eigenvalue weighted by Crippen LogP contribution is -2.16. The molecule has 0 aliphatic heterocycles. The Labute approximate surface area is 196 Å². The van der Waals surface area contributed by atoms with E-state index in [-0.39, 0.29) is 11.7 Å². The molecule has 1 amide bonds. The summed E-state index contributed by atoms with van der Waals surface area (Å²) in [7, 11) is 0. The van der Waals surface area contributed by atoms with Crippen molar-refractivity contribution in [3.05, 3.63) is 87.3 Å². The van der Waals surface area contributed by atoms with Gasteiger partial charge in [0.25, 0.3) is 0 Å². The fourth-order valence-electron chi connectivity index (χ4n) is 3.85. The zero-order chi connectivity index (χ0) is 22.7. The van der Waals surface area contributed by atoms with Crippen molar-refractivity contribution in [2.24, 2.45) is 5.10 Å². The molecule has 32 heavy (non-hydrogen) atoms. The fourth-order valence-corrected chi connectivity index (χ4v) is 4.23. The summed E-state index contributed by atoms with van der Waals surface area (Å²) < 4.78 is 8.75. The van der Waals surface area contributed by atoms with Gasteiger partial charge in [-0.1, -0.05) is 41.4 Å². The molecule has 0 aliphatic carbocycles. The lowest BCUT2D eigenvalue weighted by Gasteiger charge is -2.10.